The number of aromatic nitrogens is 4. The number of hydrogen-bond donors (Lipinski definition) is 2. The van der Waals surface area contributed by atoms with Gasteiger partial charge in [-0.1, -0.05) is 0 Å². The van der Waals surface area contributed by atoms with E-state index in [4.69, 9.17) is 20.4 Å². The fourth-order valence-electron chi connectivity index (χ4n) is 7.83. The van der Waals surface area contributed by atoms with Crippen molar-refractivity contribution in [3.05, 3.63) is 47.3 Å². The molecule has 2 aliphatic heterocycles. The smallest absolute Gasteiger partial charge is 0.317 e. The normalized spacial score (nSPS) is 23.4. The molecule has 3 N–H and O–H groups in total. The molecule has 0 spiro atoms. The number of methoxy groups -OCH3 is 1. The van der Waals surface area contributed by atoms with E-state index < -0.39 is 0 Å². The third-order valence-corrected chi connectivity index (χ3v) is 10.6. The van der Waals surface area contributed by atoms with Gasteiger partial charge in [0.05, 0.1) is 30.2 Å². The maximum atomic E-state index is 13.7. The van der Waals surface area contributed by atoms with E-state index in [0.717, 1.165) is 79.1 Å². The highest BCUT2D eigenvalue weighted by molar-refractivity contribution is 5.96. The van der Waals surface area contributed by atoms with Crippen molar-refractivity contribution in [2.75, 3.05) is 26.7 Å². The van der Waals surface area contributed by atoms with Gasteiger partial charge in [0.2, 0.25) is 0 Å². The molecule has 3 amide bonds. The van der Waals surface area contributed by atoms with Crippen LogP contribution in [0.2, 0.25) is 0 Å². The fourth-order valence-corrected chi connectivity index (χ4v) is 7.83. The number of piperidine rings is 1. The highest BCUT2D eigenvalue weighted by atomic mass is 16.5. The van der Waals surface area contributed by atoms with Gasteiger partial charge in [0.25, 0.3) is 5.91 Å². The molecule has 4 atom stereocenters. The van der Waals surface area contributed by atoms with Gasteiger partial charge in [0, 0.05) is 55.3 Å². The molecule has 3 unspecified atom stereocenters. The standard InChI is InChI=1S/C34H42N8O3/c1-19(36-34(44)39-12-4-5-13-39)25-10-8-22-14-27(40(32(22)37-25)17-21-6-7-21)31-20(2)42-28(38-31)15-24(16-29(42)45-3)33(43)41-18-23-9-11-26(41)30(23)35/h8,10,14-16,19,21,23,26,30H,4-7,9,11-13,17-18,35H2,1-3H3,(H,36,44)/t19-,23?,26?,30?/m1/s1. The SMILES string of the molecule is COc1cc(C(=O)N2CC3CCC2C3N)cc2nc(-c3cc4ccc([C@@H](C)NC(=O)N5CCCC5)nc4n3CC3CC3)c(C)n12. The molecule has 45 heavy (non-hydrogen) atoms. The van der Waals surface area contributed by atoms with Crippen LogP contribution in [0.25, 0.3) is 28.1 Å². The summed E-state index contributed by atoms with van der Waals surface area (Å²) < 4.78 is 10.1. The van der Waals surface area contributed by atoms with Crippen LogP contribution in [0, 0.1) is 18.8 Å². The summed E-state index contributed by atoms with van der Waals surface area (Å²) in [4.78, 5) is 40.6. The van der Waals surface area contributed by atoms with Crippen molar-refractivity contribution in [2.24, 2.45) is 17.6 Å². The van der Waals surface area contributed by atoms with E-state index in [0.29, 0.717) is 35.5 Å². The fraction of sp³-hybridized carbons (Fsp3) is 0.529. The maximum Gasteiger partial charge on any atom is 0.317 e. The topological polar surface area (TPSA) is 123 Å². The van der Waals surface area contributed by atoms with E-state index in [-0.39, 0.29) is 30.1 Å². The highest BCUT2D eigenvalue weighted by Crippen LogP contribution is 2.39. The van der Waals surface area contributed by atoms with Gasteiger partial charge in [-0.15, -0.1) is 0 Å². The Balaban J connectivity index is 1.17. The van der Waals surface area contributed by atoms with Crippen LogP contribution >= 0.6 is 0 Å². The minimum absolute atomic E-state index is 0.00817. The Bertz CT molecular complexity index is 1820. The Labute approximate surface area is 262 Å². The number of carbonyl (C=O) groups excluding carboxylic acids is 2. The van der Waals surface area contributed by atoms with E-state index in [1.165, 1.54) is 12.8 Å². The van der Waals surface area contributed by atoms with Gasteiger partial charge in [-0.3, -0.25) is 9.20 Å². The first-order valence-electron chi connectivity index (χ1n) is 16.5. The largest absolute Gasteiger partial charge is 0.482 e. The number of amides is 3. The minimum Gasteiger partial charge on any atom is -0.482 e. The Hall–Kier alpha value is -4.12. The number of nitrogens with two attached hydrogens (primary N) is 1. The number of hydrogen-bond acceptors (Lipinski definition) is 6. The second-order valence-electron chi connectivity index (χ2n) is 13.6. The number of nitrogens with zero attached hydrogens (tertiary/aromatic N) is 6. The number of nitrogens with one attached hydrogen (secondary N) is 1. The van der Waals surface area contributed by atoms with Gasteiger partial charge in [0.1, 0.15) is 17.0 Å². The third kappa shape index (κ3) is 4.74. The summed E-state index contributed by atoms with van der Waals surface area (Å²) >= 11 is 0. The van der Waals surface area contributed by atoms with E-state index in [1.54, 1.807) is 7.11 Å². The molecule has 2 saturated heterocycles. The number of imidazole rings is 1. The average Bonchev–Trinajstić information content (AvgIpc) is 3.42. The Morgan fingerprint density at radius 3 is 2.58 bits per heavy atom. The molecule has 236 valence electrons. The van der Waals surface area contributed by atoms with Crippen LogP contribution in [0.5, 0.6) is 5.88 Å². The predicted octanol–water partition coefficient (Wildman–Crippen LogP) is 4.51. The van der Waals surface area contributed by atoms with E-state index in [2.05, 4.69) is 22.0 Å². The van der Waals surface area contributed by atoms with Crippen LogP contribution in [-0.2, 0) is 6.54 Å². The van der Waals surface area contributed by atoms with Gasteiger partial charge >= 0.3 is 6.03 Å². The lowest BCUT2D eigenvalue weighted by molar-refractivity contribution is 0.0700. The van der Waals surface area contributed by atoms with Crippen LogP contribution in [0.3, 0.4) is 0 Å². The number of carbonyl (C=O) groups is 2. The van der Waals surface area contributed by atoms with Crippen molar-refractivity contribution in [3.63, 3.8) is 0 Å². The highest BCUT2D eigenvalue weighted by Gasteiger charge is 2.47. The number of aryl methyl sites for hydroxylation is 1. The van der Waals surface area contributed by atoms with Gasteiger partial charge in [0.15, 0.2) is 5.88 Å². The van der Waals surface area contributed by atoms with E-state index in [9.17, 15) is 9.59 Å². The van der Waals surface area contributed by atoms with Crippen LogP contribution in [0.4, 0.5) is 4.79 Å². The van der Waals surface area contributed by atoms with Crippen molar-refractivity contribution in [3.8, 4) is 17.3 Å². The zero-order chi connectivity index (χ0) is 31.0. The first kappa shape index (κ1) is 28.4. The first-order chi connectivity index (χ1) is 21.8. The molecular formula is C34H42N8O3. The van der Waals surface area contributed by atoms with Crippen molar-refractivity contribution in [1.29, 1.82) is 0 Å². The summed E-state index contributed by atoms with van der Waals surface area (Å²) in [6.45, 7) is 7.24. The van der Waals surface area contributed by atoms with Crippen LogP contribution in [0.1, 0.15) is 73.2 Å². The molecule has 2 saturated carbocycles. The number of fused-ring (bicyclic) bond motifs is 4. The van der Waals surface area contributed by atoms with Gasteiger partial charge < -0.3 is 30.2 Å². The molecule has 11 heteroatoms. The molecule has 0 aromatic carbocycles. The molecular weight excluding hydrogens is 568 g/mol. The zero-order valence-electron chi connectivity index (χ0n) is 26.3. The second-order valence-corrected chi connectivity index (χ2v) is 13.6. The predicted molar refractivity (Wildman–Crippen MR) is 171 cm³/mol. The quantitative estimate of drug-likeness (QED) is 0.318. The monoisotopic (exact) mass is 610 g/mol. The lowest BCUT2D eigenvalue weighted by atomic mass is 10.1. The average molecular weight is 611 g/mol. The molecule has 6 heterocycles. The van der Waals surface area contributed by atoms with Crippen molar-refractivity contribution in [1.82, 2.24) is 34.1 Å². The number of urea groups is 1. The molecule has 8 rings (SSSR count). The van der Waals surface area contributed by atoms with Crippen molar-refractivity contribution < 1.29 is 14.3 Å². The van der Waals surface area contributed by atoms with E-state index in [1.807, 2.05) is 46.2 Å². The minimum atomic E-state index is -0.215. The van der Waals surface area contributed by atoms with Crippen molar-refractivity contribution in [2.45, 2.75) is 77.0 Å². The Kier molecular flexibility index (Phi) is 6.78. The molecule has 4 fully saturated rings. The first-order valence-corrected chi connectivity index (χ1v) is 16.5. The van der Waals surface area contributed by atoms with Crippen molar-refractivity contribution >= 4 is 28.6 Å². The Morgan fingerprint density at radius 2 is 1.89 bits per heavy atom. The summed E-state index contributed by atoms with van der Waals surface area (Å²) in [5, 5.41) is 4.18. The van der Waals surface area contributed by atoms with Gasteiger partial charge in [-0.2, -0.15) is 0 Å². The molecule has 4 aliphatic rings. The molecule has 2 aliphatic carbocycles. The number of ether oxygens (including phenoxy) is 1. The summed E-state index contributed by atoms with van der Waals surface area (Å²) in [5.74, 6) is 1.56. The van der Waals surface area contributed by atoms with Crippen LogP contribution in [-0.4, -0.2) is 79.5 Å². The van der Waals surface area contributed by atoms with Gasteiger partial charge in [-0.25, -0.2) is 14.8 Å². The van der Waals surface area contributed by atoms with Crippen LogP contribution < -0.4 is 15.8 Å². The summed E-state index contributed by atoms with van der Waals surface area (Å²) in [7, 11) is 1.63. The second kappa shape index (κ2) is 10.8. The number of likely N-dealkylation sites (tertiary alicyclic amines) is 2. The van der Waals surface area contributed by atoms with Crippen LogP contribution in [0.15, 0.2) is 30.3 Å². The van der Waals surface area contributed by atoms with E-state index >= 15 is 0 Å². The lowest BCUT2D eigenvalue weighted by Crippen LogP contribution is -2.41. The summed E-state index contributed by atoms with van der Waals surface area (Å²) in [6, 6.07) is 9.91. The Morgan fingerprint density at radius 1 is 1.09 bits per heavy atom. The maximum absolute atomic E-state index is 13.7. The lowest BCUT2D eigenvalue weighted by Gasteiger charge is -2.27. The van der Waals surface area contributed by atoms with Gasteiger partial charge in [-0.05, 0) is 88.5 Å². The zero-order valence-corrected chi connectivity index (χ0v) is 26.3. The number of rotatable bonds is 7. The molecule has 4 aromatic heterocycles. The molecule has 11 nitrogen and oxygen atoms in total. The third-order valence-electron chi connectivity index (χ3n) is 10.6. The summed E-state index contributed by atoms with van der Waals surface area (Å²) in [6.07, 6.45) is 6.58. The molecule has 4 aromatic rings. The number of pyridine rings is 2. The molecule has 0 radical (unpaired) electrons. The summed E-state index contributed by atoms with van der Waals surface area (Å²) in [5.41, 5.74) is 12.2. The molecule has 2 bridgehead atoms.